The van der Waals surface area contributed by atoms with Crippen molar-refractivity contribution in [2.75, 3.05) is 0 Å². The summed E-state index contributed by atoms with van der Waals surface area (Å²) in [5.41, 5.74) is -0.245. The average molecular weight is 246 g/mol. The van der Waals surface area contributed by atoms with Crippen LogP contribution in [0.4, 0.5) is 0 Å². The van der Waals surface area contributed by atoms with Gasteiger partial charge in [-0.3, -0.25) is 14.3 Å². The minimum atomic E-state index is -0.810. The monoisotopic (exact) mass is 246 g/mol. The highest BCUT2D eigenvalue weighted by molar-refractivity contribution is 5.18. The minimum Gasteiger partial charge on any atom is -0.386 e. The predicted octanol–water partition coefficient (Wildman–Crippen LogP) is 0.831. The van der Waals surface area contributed by atoms with Crippen LogP contribution in [-0.2, 0) is 0 Å². The van der Waals surface area contributed by atoms with Gasteiger partial charge in [-0.1, -0.05) is 30.3 Å². The molecule has 5 heteroatoms. The lowest BCUT2D eigenvalue weighted by Crippen LogP contribution is -2.32. The third kappa shape index (κ3) is 2.41. The Morgan fingerprint density at radius 1 is 1.17 bits per heavy atom. The molecular formula is C13H14N2O3. The van der Waals surface area contributed by atoms with Crippen molar-refractivity contribution in [1.29, 1.82) is 0 Å². The Morgan fingerprint density at radius 2 is 1.83 bits per heavy atom. The highest BCUT2D eigenvalue weighted by Gasteiger charge is 2.18. The van der Waals surface area contributed by atoms with Gasteiger partial charge in [0.25, 0.3) is 5.56 Å². The van der Waals surface area contributed by atoms with Crippen LogP contribution in [-0.4, -0.2) is 14.7 Å². The Morgan fingerprint density at radius 3 is 2.44 bits per heavy atom. The third-order valence-electron chi connectivity index (χ3n) is 2.89. The standard InChI is InChI=1S/C13H14N2O3/c1-9(12(17)10-5-3-2-4-6-10)15-8-7-11(16)14-13(15)18/h2-9,12,17H,1H3,(H,14,16,18)/t9-,12+/m0/s1. The van der Waals surface area contributed by atoms with Crippen LogP contribution in [0.5, 0.6) is 0 Å². The van der Waals surface area contributed by atoms with Gasteiger partial charge >= 0.3 is 5.69 Å². The highest BCUT2D eigenvalue weighted by Crippen LogP contribution is 2.23. The summed E-state index contributed by atoms with van der Waals surface area (Å²) in [6.07, 6.45) is 0.577. The van der Waals surface area contributed by atoms with E-state index in [1.165, 1.54) is 16.8 Å². The summed E-state index contributed by atoms with van der Waals surface area (Å²) in [6, 6.07) is 9.87. The molecule has 0 aliphatic carbocycles. The molecule has 0 aliphatic heterocycles. The van der Waals surface area contributed by atoms with E-state index in [1.807, 2.05) is 18.2 Å². The number of hydrogen-bond donors (Lipinski definition) is 2. The van der Waals surface area contributed by atoms with Crippen molar-refractivity contribution in [3.63, 3.8) is 0 Å². The molecule has 1 heterocycles. The molecule has 5 nitrogen and oxygen atoms in total. The first-order chi connectivity index (χ1) is 8.59. The molecule has 94 valence electrons. The van der Waals surface area contributed by atoms with Crippen LogP contribution < -0.4 is 11.2 Å². The molecule has 0 amide bonds. The van der Waals surface area contributed by atoms with E-state index in [9.17, 15) is 14.7 Å². The number of nitrogens with zero attached hydrogens (tertiary/aromatic N) is 1. The molecule has 0 fully saturated rings. The molecule has 0 aliphatic rings. The lowest BCUT2D eigenvalue weighted by atomic mass is 10.0. The molecule has 0 radical (unpaired) electrons. The van der Waals surface area contributed by atoms with Gasteiger partial charge < -0.3 is 5.11 Å². The molecule has 1 aromatic carbocycles. The molecule has 1 aromatic heterocycles. The van der Waals surface area contributed by atoms with Crippen molar-refractivity contribution in [2.24, 2.45) is 0 Å². The quantitative estimate of drug-likeness (QED) is 0.842. The zero-order valence-electron chi connectivity index (χ0n) is 9.91. The van der Waals surface area contributed by atoms with Crippen LogP contribution >= 0.6 is 0 Å². The zero-order valence-corrected chi connectivity index (χ0v) is 9.91. The summed E-state index contributed by atoms with van der Waals surface area (Å²) in [6.45, 7) is 1.72. The van der Waals surface area contributed by atoms with Crippen molar-refractivity contribution >= 4 is 0 Å². The van der Waals surface area contributed by atoms with E-state index in [0.29, 0.717) is 0 Å². The fraction of sp³-hybridized carbons (Fsp3) is 0.231. The topological polar surface area (TPSA) is 75.1 Å². The first-order valence-corrected chi connectivity index (χ1v) is 5.64. The predicted molar refractivity (Wildman–Crippen MR) is 67.4 cm³/mol. The van der Waals surface area contributed by atoms with E-state index in [1.54, 1.807) is 19.1 Å². The molecule has 2 atom stereocenters. The fourth-order valence-electron chi connectivity index (χ4n) is 1.83. The van der Waals surface area contributed by atoms with Gasteiger partial charge in [-0.05, 0) is 12.5 Å². The molecule has 0 bridgehead atoms. The average Bonchev–Trinajstić information content (AvgIpc) is 2.38. The number of hydrogen-bond acceptors (Lipinski definition) is 3. The minimum absolute atomic E-state index is 0.447. The smallest absolute Gasteiger partial charge is 0.328 e. The summed E-state index contributed by atoms with van der Waals surface area (Å²) in [5.74, 6) is 0. The van der Waals surface area contributed by atoms with Crippen molar-refractivity contribution in [3.05, 3.63) is 69.0 Å². The summed E-state index contributed by atoms with van der Waals surface area (Å²) in [5, 5.41) is 10.2. The van der Waals surface area contributed by atoms with Gasteiger partial charge in [0.2, 0.25) is 0 Å². The number of aliphatic hydroxyl groups excluding tert-OH is 1. The Hall–Kier alpha value is -2.14. The summed E-state index contributed by atoms with van der Waals surface area (Å²) >= 11 is 0. The Balaban J connectivity index is 2.34. The van der Waals surface area contributed by atoms with E-state index in [2.05, 4.69) is 4.98 Å². The van der Waals surface area contributed by atoms with Crippen LogP contribution in [0, 0.1) is 0 Å². The lowest BCUT2D eigenvalue weighted by molar-refractivity contribution is 0.119. The summed E-state index contributed by atoms with van der Waals surface area (Å²) in [7, 11) is 0. The van der Waals surface area contributed by atoms with Gasteiger partial charge in [-0.25, -0.2) is 4.79 Å². The van der Waals surface area contributed by atoms with Gasteiger partial charge in [0.15, 0.2) is 0 Å². The molecule has 0 spiro atoms. The molecule has 2 rings (SSSR count). The second-order valence-electron chi connectivity index (χ2n) is 4.11. The van der Waals surface area contributed by atoms with Crippen molar-refractivity contribution in [1.82, 2.24) is 9.55 Å². The van der Waals surface area contributed by atoms with Crippen molar-refractivity contribution in [3.8, 4) is 0 Å². The third-order valence-corrected chi connectivity index (χ3v) is 2.89. The normalized spacial score (nSPS) is 14.1. The molecular weight excluding hydrogens is 232 g/mol. The molecule has 0 saturated heterocycles. The number of H-pyrrole nitrogens is 1. The largest absolute Gasteiger partial charge is 0.386 e. The highest BCUT2D eigenvalue weighted by atomic mass is 16.3. The van der Waals surface area contributed by atoms with Crippen LogP contribution in [0.2, 0.25) is 0 Å². The maximum Gasteiger partial charge on any atom is 0.328 e. The van der Waals surface area contributed by atoms with E-state index in [4.69, 9.17) is 0 Å². The summed E-state index contributed by atoms with van der Waals surface area (Å²) in [4.78, 5) is 24.8. The Labute approximate surface area is 103 Å². The van der Waals surface area contributed by atoms with Crippen LogP contribution in [0.25, 0.3) is 0 Å². The fourth-order valence-corrected chi connectivity index (χ4v) is 1.83. The molecule has 2 aromatic rings. The number of aliphatic hydroxyl groups is 1. The molecule has 0 unspecified atom stereocenters. The second kappa shape index (κ2) is 5.01. The van der Waals surface area contributed by atoms with E-state index < -0.39 is 23.4 Å². The van der Waals surface area contributed by atoms with Gasteiger partial charge in [-0.15, -0.1) is 0 Å². The van der Waals surface area contributed by atoms with Crippen LogP contribution in [0.3, 0.4) is 0 Å². The lowest BCUT2D eigenvalue weighted by Gasteiger charge is -2.21. The van der Waals surface area contributed by atoms with Crippen LogP contribution in [0.15, 0.2) is 52.2 Å². The number of aromatic amines is 1. The molecule has 0 saturated carbocycles. The maximum atomic E-state index is 11.6. The van der Waals surface area contributed by atoms with E-state index in [0.717, 1.165) is 5.56 Å². The SMILES string of the molecule is C[C@@H]([C@@H](O)c1ccccc1)n1ccc(=O)[nH]c1=O. The number of nitrogens with one attached hydrogen (secondary N) is 1. The van der Waals surface area contributed by atoms with Gasteiger partial charge in [0, 0.05) is 12.3 Å². The van der Waals surface area contributed by atoms with Crippen molar-refractivity contribution in [2.45, 2.75) is 19.1 Å². The Bertz CT molecular complexity index is 630. The van der Waals surface area contributed by atoms with E-state index in [-0.39, 0.29) is 0 Å². The first kappa shape index (κ1) is 12.3. The molecule has 18 heavy (non-hydrogen) atoms. The van der Waals surface area contributed by atoms with Crippen LogP contribution in [0.1, 0.15) is 24.6 Å². The number of aromatic nitrogens is 2. The van der Waals surface area contributed by atoms with Gasteiger partial charge in [0.05, 0.1) is 12.1 Å². The first-order valence-electron chi connectivity index (χ1n) is 5.64. The molecule has 2 N–H and O–H groups in total. The summed E-state index contributed by atoms with van der Waals surface area (Å²) < 4.78 is 1.30. The maximum absolute atomic E-state index is 11.6. The zero-order chi connectivity index (χ0) is 13.1. The van der Waals surface area contributed by atoms with Gasteiger partial charge in [-0.2, -0.15) is 0 Å². The van der Waals surface area contributed by atoms with Gasteiger partial charge in [0.1, 0.15) is 0 Å². The number of rotatable bonds is 3. The van der Waals surface area contributed by atoms with Crippen molar-refractivity contribution < 1.29 is 5.11 Å². The van der Waals surface area contributed by atoms with E-state index >= 15 is 0 Å². The Kier molecular flexibility index (Phi) is 3.43. The second-order valence-corrected chi connectivity index (χ2v) is 4.11. The number of benzene rings is 1.